The molecule has 7 heteroatoms. The molecular weight excluding hydrogens is 343 g/mol. The van der Waals surface area contributed by atoms with Gasteiger partial charge in [0.15, 0.2) is 0 Å². The summed E-state index contributed by atoms with van der Waals surface area (Å²) in [6.07, 6.45) is 1.32. The van der Waals surface area contributed by atoms with E-state index in [4.69, 9.17) is 23.2 Å². The summed E-state index contributed by atoms with van der Waals surface area (Å²) < 4.78 is 24.5. The summed E-state index contributed by atoms with van der Waals surface area (Å²) in [5.41, 5.74) is 2.03. The van der Waals surface area contributed by atoms with Crippen LogP contribution in [0.15, 0.2) is 46.4 Å². The van der Waals surface area contributed by atoms with Gasteiger partial charge in [-0.05, 0) is 37.1 Å². The molecule has 2 rings (SSSR count). The normalized spacial score (nSPS) is 11.8. The van der Waals surface area contributed by atoms with E-state index in [-0.39, 0.29) is 4.90 Å². The summed E-state index contributed by atoms with van der Waals surface area (Å²) in [7, 11) is -3.73. The van der Waals surface area contributed by atoms with Gasteiger partial charge in [-0.2, -0.15) is 13.5 Å². The molecule has 0 bridgehead atoms. The zero-order chi connectivity index (χ0) is 16.3. The van der Waals surface area contributed by atoms with Crippen LogP contribution in [0.25, 0.3) is 0 Å². The SMILES string of the molecule is Cc1ccc(C)c(S(=O)(=O)N/N=C\c2cccc(Cl)c2Cl)c1. The monoisotopic (exact) mass is 356 g/mol. The summed E-state index contributed by atoms with van der Waals surface area (Å²) >= 11 is 11.9. The zero-order valence-corrected chi connectivity index (χ0v) is 14.3. The van der Waals surface area contributed by atoms with Crippen molar-refractivity contribution < 1.29 is 8.42 Å². The molecule has 0 saturated heterocycles. The van der Waals surface area contributed by atoms with Crippen molar-refractivity contribution in [3.05, 3.63) is 63.1 Å². The van der Waals surface area contributed by atoms with E-state index >= 15 is 0 Å². The fraction of sp³-hybridized carbons (Fsp3) is 0.133. The third-order valence-electron chi connectivity index (χ3n) is 2.99. The molecular formula is C15H14Cl2N2O2S. The van der Waals surface area contributed by atoms with E-state index in [0.29, 0.717) is 21.2 Å². The average Bonchev–Trinajstić information content (AvgIpc) is 2.46. The second-order valence-electron chi connectivity index (χ2n) is 4.76. The molecule has 116 valence electrons. The first-order valence-corrected chi connectivity index (χ1v) is 8.61. The van der Waals surface area contributed by atoms with Crippen LogP contribution in [-0.2, 0) is 10.0 Å². The third-order valence-corrected chi connectivity index (χ3v) is 5.19. The molecule has 0 saturated carbocycles. The van der Waals surface area contributed by atoms with Crippen LogP contribution < -0.4 is 4.83 Å². The highest BCUT2D eigenvalue weighted by Crippen LogP contribution is 2.24. The predicted molar refractivity (Wildman–Crippen MR) is 90.3 cm³/mol. The maximum atomic E-state index is 12.3. The standard InChI is InChI=1S/C15H14Cl2N2O2S/c1-10-6-7-11(2)14(8-10)22(20,21)19-18-9-12-4-3-5-13(16)15(12)17/h3-9,19H,1-2H3/b18-9-. The molecule has 0 radical (unpaired) electrons. The molecule has 0 aliphatic carbocycles. The van der Waals surface area contributed by atoms with Crippen molar-refractivity contribution in [2.24, 2.45) is 5.10 Å². The Kier molecular flexibility index (Phi) is 5.11. The Bertz CT molecular complexity index is 833. The predicted octanol–water partition coefficient (Wildman–Crippen LogP) is 3.92. The van der Waals surface area contributed by atoms with Crippen molar-refractivity contribution in [2.75, 3.05) is 0 Å². The van der Waals surface area contributed by atoms with Crippen LogP contribution in [-0.4, -0.2) is 14.6 Å². The topological polar surface area (TPSA) is 58.5 Å². The second kappa shape index (κ2) is 6.69. The molecule has 0 amide bonds. The summed E-state index contributed by atoms with van der Waals surface area (Å²) in [5, 5.41) is 4.45. The number of hydrazone groups is 1. The highest BCUT2D eigenvalue weighted by Gasteiger charge is 2.15. The lowest BCUT2D eigenvalue weighted by Gasteiger charge is -2.07. The van der Waals surface area contributed by atoms with Gasteiger partial charge in [0.05, 0.1) is 21.2 Å². The molecule has 2 aromatic rings. The number of hydrogen-bond acceptors (Lipinski definition) is 3. The summed E-state index contributed by atoms with van der Waals surface area (Å²) in [4.78, 5) is 2.37. The number of aryl methyl sites for hydroxylation is 2. The van der Waals surface area contributed by atoms with Gasteiger partial charge in [0.2, 0.25) is 0 Å². The van der Waals surface area contributed by atoms with Gasteiger partial charge in [-0.15, -0.1) is 0 Å². The molecule has 1 N–H and O–H groups in total. The van der Waals surface area contributed by atoms with Crippen LogP contribution in [0.3, 0.4) is 0 Å². The highest BCUT2D eigenvalue weighted by atomic mass is 35.5. The van der Waals surface area contributed by atoms with Crippen molar-refractivity contribution >= 4 is 39.4 Å². The van der Waals surface area contributed by atoms with Crippen molar-refractivity contribution in [3.8, 4) is 0 Å². The Morgan fingerprint density at radius 1 is 1.14 bits per heavy atom. The molecule has 4 nitrogen and oxygen atoms in total. The van der Waals surface area contributed by atoms with E-state index in [1.165, 1.54) is 6.21 Å². The van der Waals surface area contributed by atoms with Crippen LogP contribution in [0.4, 0.5) is 0 Å². The van der Waals surface area contributed by atoms with Gasteiger partial charge in [-0.3, -0.25) is 0 Å². The minimum Gasteiger partial charge on any atom is -0.200 e. The lowest BCUT2D eigenvalue weighted by Crippen LogP contribution is -2.19. The van der Waals surface area contributed by atoms with E-state index in [9.17, 15) is 8.42 Å². The second-order valence-corrected chi connectivity index (χ2v) is 7.18. The maximum absolute atomic E-state index is 12.3. The Labute approximate surface area is 139 Å². The molecule has 0 heterocycles. The minimum atomic E-state index is -3.73. The van der Waals surface area contributed by atoms with Crippen LogP contribution in [0.2, 0.25) is 10.0 Å². The first-order chi connectivity index (χ1) is 10.3. The van der Waals surface area contributed by atoms with Gasteiger partial charge in [0.25, 0.3) is 10.0 Å². The quantitative estimate of drug-likeness (QED) is 0.666. The largest absolute Gasteiger partial charge is 0.276 e. The fourth-order valence-electron chi connectivity index (χ4n) is 1.83. The van der Waals surface area contributed by atoms with Gasteiger partial charge in [0.1, 0.15) is 0 Å². The number of nitrogens with zero attached hydrogens (tertiary/aromatic N) is 1. The van der Waals surface area contributed by atoms with E-state index in [2.05, 4.69) is 9.93 Å². The average molecular weight is 357 g/mol. The van der Waals surface area contributed by atoms with E-state index < -0.39 is 10.0 Å². The Hall–Kier alpha value is -1.56. The van der Waals surface area contributed by atoms with Crippen LogP contribution in [0.1, 0.15) is 16.7 Å². The van der Waals surface area contributed by atoms with Crippen molar-refractivity contribution in [3.63, 3.8) is 0 Å². The van der Waals surface area contributed by atoms with Crippen molar-refractivity contribution in [1.29, 1.82) is 0 Å². The fourth-order valence-corrected chi connectivity index (χ4v) is 3.31. The van der Waals surface area contributed by atoms with Gasteiger partial charge in [-0.1, -0.05) is 47.5 Å². The Balaban J connectivity index is 2.25. The van der Waals surface area contributed by atoms with E-state index in [1.807, 2.05) is 13.0 Å². The van der Waals surface area contributed by atoms with E-state index in [1.54, 1.807) is 37.3 Å². The van der Waals surface area contributed by atoms with Crippen molar-refractivity contribution in [1.82, 2.24) is 4.83 Å². The smallest absolute Gasteiger partial charge is 0.200 e. The third kappa shape index (κ3) is 3.80. The van der Waals surface area contributed by atoms with Crippen LogP contribution in [0.5, 0.6) is 0 Å². The first kappa shape index (κ1) is 16.8. The number of sulfonamides is 1. The van der Waals surface area contributed by atoms with Gasteiger partial charge in [0, 0.05) is 5.56 Å². The maximum Gasteiger partial charge on any atom is 0.276 e. The molecule has 22 heavy (non-hydrogen) atoms. The molecule has 0 fully saturated rings. The summed E-state index contributed by atoms with van der Waals surface area (Å²) in [6, 6.07) is 10.2. The highest BCUT2D eigenvalue weighted by molar-refractivity contribution is 7.89. The van der Waals surface area contributed by atoms with Crippen molar-refractivity contribution in [2.45, 2.75) is 18.7 Å². The molecule has 0 aliphatic rings. The number of hydrogen-bond donors (Lipinski definition) is 1. The molecule has 0 unspecified atom stereocenters. The summed E-state index contributed by atoms with van der Waals surface area (Å²) in [5.74, 6) is 0. The molecule has 0 atom stereocenters. The zero-order valence-electron chi connectivity index (χ0n) is 12.0. The van der Waals surface area contributed by atoms with Gasteiger partial charge >= 0.3 is 0 Å². The number of benzene rings is 2. The number of rotatable bonds is 4. The Morgan fingerprint density at radius 2 is 1.86 bits per heavy atom. The van der Waals surface area contributed by atoms with Gasteiger partial charge < -0.3 is 0 Å². The number of nitrogens with one attached hydrogen (secondary N) is 1. The number of halogens is 2. The van der Waals surface area contributed by atoms with Crippen LogP contribution in [0, 0.1) is 13.8 Å². The molecule has 0 aromatic heterocycles. The van der Waals surface area contributed by atoms with E-state index in [0.717, 1.165) is 5.56 Å². The van der Waals surface area contributed by atoms with Crippen LogP contribution >= 0.6 is 23.2 Å². The molecule has 2 aromatic carbocycles. The lowest BCUT2D eigenvalue weighted by atomic mass is 10.2. The lowest BCUT2D eigenvalue weighted by molar-refractivity contribution is 0.584. The summed E-state index contributed by atoms with van der Waals surface area (Å²) in [6.45, 7) is 3.55. The molecule has 0 spiro atoms. The van der Waals surface area contributed by atoms with Gasteiger partial charge in [-0.25, -0.2) is 4.83 Å². The first-order valence-electron chi connectivity index (χ1n) is 6.37. The Morgan fingerprint density at radius 3 is 2.59 bits per heavy atom. The minimum absolute atomic E-state index is 0.196. The molecule has 0 aliphatic heterocycles.